The molecule has 0 spiro atoms. The quantitative estimate of drug-likeness (QED) is 0.579. The minimum Gasteiger partial charge on any atom is -0.508 e. The first-order valence-electron chi connectivity index (χ1n) is 4.84. The van der Waals surface area contributed by atoms with Crippen LogP contribution in [0.25, 0.3) is 0 Å². The molecular weight excluding hydrogens is 192 g/mol. The molecule has 1 aromatic rings. The van der Waals surface area contributed by atoms with Gasteiger partial charge in [0.1, 0.15) is 12.5 Å². The number of phenols is 1. The zero-order chi connectivity index (χ0) is 11.4. The Morgan fingerprint density at radius 1 is 0.933 bits per heavy atom. The van der Waals surface area contributed by atoms with E-state index in [4.69, 9.17) is 9.90 Å². The topological polar surface area (TPSA) is 61.4 Å². The number of benzene rings is 1. The van der Waals surface area contributed by atoms with Gasteiger partial charge in [0.15, 0.2) is 0 Å². The fraction of sp³-hybridized carbons (Fsp3) is 0.364. The molecule has 0 atom stereocenters. The Hall–Kier alpha value is -1.39. The fourth-order valence-corrected chi connectivity index (χ4v) is 1.03. The zero-order valence-corrected chi connectivity index (χ0v) is 8.78. The number of piperazine rings is 1. The van der Waals surface area contributed by atoms with Crippen molar-refractivity contribution >= 4 is 6.79 Å². The minimum atomic E-state index is 0.322. The molecule has 2 rings (SSSR count). The van der Waals surface area contributed by atoms with Crippen molar-refractivity contribution in [2.24, 2.45) is 0 Å². The van der Waals surface area contributed by atoms with Crippen molar-refractivity contribution in [1.29, 1.82) is 0 Å². The van der Waals surface area contributed by atoms with E-state index < -0.39 is 0 Å². The molecule has 1 heterocycles. The Balaban J connectivity index is 0.000000227. The molecular formula is C11H18N2O2. The molecule has 0 amide bonds. The fourth-order valence-electron chi connectivity index (χ4n) is 1.03. The van der Waals surface area contributed by atoms with E-state index >= 15 is 0 Å². The van der Waals surface area contributed by atoms with E-state index in [0.717, 1.165) is 26.2 Å². The van der Waals surface area contributed by atoms with Gasteiger partial charge in [0, 0.05) is 26.2 Å². The molecule has 1 fully saturated rings. The lowest BCUT2D eigenvalue weighted by molar-refractivity contribution is -0.0979. The maximum atomic E-state index is 8.63. The summed E-state index contributed by atoms with van der Waals surface area (Å²) in [5, 5.41) is 15.1. The standard InChI is InChI=1S/C6H6O.C4H10N2.CH2O/c7-6-4-2-1-3-5-6;1-2-6-4-3-5-1;1-2/h1-5,7H;5-6H,1-4H2;1H2. The molecule has 0 aromatic heterocycles. The van der Waals surface area contributed by atoms with Crippen LogP contribution in [0.4, 0.5) is 0 Å². The molecule has 1 aromatic carbocycles. The van der Waals surface area contributed by atoms with Crippen LogP contribution in [0.2, 0.25) is 0 Å². The minimum absolute atomic E-state index is 0.322. The summed E-state index contributed by atoms with van der Waals surface area (Å²) in [7, 11) is 0. The van der Waals surface area contributed by atoms with E-state index in [1.807, 2.05) is 12.9 Å². The maximum Gasteiger partial charge on any atom is 0.115 e. The Bertz CT molecular complexity index is 214. The number of rotatable bonds is 0. The molecule has 0 radical (unpaired) electrons. The molecule has 1 saturated heterocycles. The summed E-state index contributed by atoms with van der Waals surface area (Å²) in [4.78, 5) is 8.00. The van der Waals surface area contributed by atoms with Crippen LogP contribution in [-0.4, -0.2) is 38.1 Å². The molecule has 0 aliphatic carbocycles. The molecule has 3 N–H and O–H groups in total. The van der Waals surface area contributed by atoms with Gasteiger partial charge in [0.05, 0.1) is 0 Å². The first kappa shape index (κ1) is 13.6. The molecule has 84 valence electrons. The second kappa shape index (κ2) is 10.7. The highest BCUT2D eigenvalue weighted by Crippen LogP contribution is 2.02. The second-order valence-corrected chi connectivity index (χ2v) is 2.84. The second-order valence-electron chi connectivity index (χ2n) is 2.84. The highest BCUT2D eigenvalue weighted by atomic mass is 16.3. The highest BCUT2D eigenvalue weighted by molar-refractivity contribution is 5.18. The predicted octanol–water partition coefficient (Wildman–Crippen LogP) is 0.386. The average Bonchev–Trinajstić information content (AvgIpc) is 2.36. The number of phenolic OH excluding ortho intramolecular Hbond substituents is 1. The predicted molar refractivity (Wildman–Crippen MR) is 61.0 cm³/mol. The number of hydrogen-bond donors (Lipinski definition) is 3. The van der Waals surface area contributed by atoms with Gasteiger partial charge in [-0.1, -0.05) is 18.2 Å². The summed E-state index contributed by atoms with van der Waals surface area (Å²) in [6.07, 6.45) is 0. The summed E-state index contributed by atoms with van der Waals surface area (Å²) in [5.74, 6) is 0.322. The van der Waals surface area contributed by atoms with Gasteiger partial charge in [-0.25, -0.2) is 0 Å². The van der Waals surface area contributed by atoms with E-state index in [1.165, 1.54) is 0 Å². The third kappa shape index (κ3) is 8.93. The molecule has 0 unspecified atom stereocenters. The Labute approximate surface area is 90.3 Å². The van der Waals surface area contributed by atoms with Crippen LogP contribution >= 0.6 is 0 Å². The van der Waals surface area contributed by atoms with Crippen molar-refractivity contribution in [3.8, 4) is 5.75 Å². The molecule has 1 aliphatic heterocycles. The number of hydrogen-bond acceptors (Lipinski definition) is 4. The van der Waals surface area contributed by atoms with Crippen molar-refractivity contribution in [1.82, 2.24) is 10.6 Å². The van der Waals surface area contributed by atoms with Crippen LogP contribution < -0.4 is 10.6 Å². The van der Waals surface area contributed by atoms with Crippen LogP contribution in [0.1, 0.15) is 0 Å². The van der Waals surface area contributed by atoms with Crippen LogP contribution in [0, 0.1) is 0 Å². The van der Waals surface area contributed by atoms with Crippen molar-refractivity contribution in [3.05, 3.63) is 30.3 Å². The molecule has 1 aliphatic rings. The Morgan fingerprint density at radius 2 is 1.33 bits per heavy atom. The van der Waals surface area contributed by atoms with Crippen LogP contribution in [0.5, 0.6) is 5.75 Å². The van der Waals surface area contributed by atoms with Gasteiger partial charge in [-0.2, -0.15) is 0 Å². The summed E-state index contributed by atoms with van der Waals surface area (Å²) in [6.45, 7) is 6.56. The molecule has 0 saturated carbocycles. The van der Waals surface area contributed by atoms with Crippen LogP contribution in [0.3, 0.4) is 0 Å². The Morgan fingerprint density at radius 3 is 1.53 bits per heavy atom. The summed E-state index contributed by atoms with van der Waals surface area (Å²) in [6, 6.07) is 8.71. The maximum absolute atomic E-state index is 8.63. The number of carbonyl (C=O) groups excluding carboxylic acids is 1. The molecule has 4 nitrogen and oxygen atoms in total. The molecule has 0 bridgehead atoms. The smallest absolute Gasteiger partial charge is 0.115 e. The first-order chi connectivity index (χ1) is 7.39. The number of para-hydroxylation sites is 1. The summed E-state index contributed by atoms with van der Waals surface area (Å²) in [5.41, 5.74) is 0. The third-order valence-electron chi connectivity index (χ3n) is 1.71. The number of aromatic hydroxyl groups is 1. The average molecular weight is 210 g/mol. The monoisotopic (exact) mass is 210 g/mol. The SMILES string of the molecule is C1CNCCN1.C=O.Oc1ccccc1. The molecule has 15 heavy (non-hydrogen) atoms. The van der Waals surface area contributed by atoms with Crippen LogP contribution in [-0.2, 0) is 4.79 Å². The Kier molecular flexibility index (Phi) is 9.70. The van der Waals surface area contributed by atoms with Crippen LogP contribution in [0.15, 0.2) is 30.3 Å². The summed E-state index contributed by atoms with van der Waals surface area (Å²) >= 11 is 0. The lowest BCUT2D eigenvalue weighted by Crippen LogP contribution is -2.39. The lowest BCUT2D eigenvalue weighted by atomic mass is 10.3. The van der Waals surface area contributed by atoms with Crippen molar-refractivity contribution < 1.29 is 9.90 Å². The van der Waals surface area contributed by atoms with Gasteiger partial charge >= 0.3 is 0 Å². The van der Waals surface area contributed by atoms with Crippen molar-refractivity contribution in [3.63, 3.8) is 0 Å². The van der Waals surface area contributed by atoms with E-state index in [-0.39, 0.29) is 0 Å². The van der Waals surface area contributed by atoms with E-state index in [1.54, 1.807) is 24.3 Å². The van der Waals surface area contributed by atoms with E-state index in [9.17, 15) is 0 Å². The van der Waals surface area contributed by atoms with Gasteiger partial charge in [0.25, 0.3) is 0 Å². The third-order valence-corrected chi connectivity index (χ3v) is 1.71. The van der Waals surface area contributed by atoms with E-state index in [0.29, 0.717) is 5.75 Å². The number of carbonyl (C=O) groups is 1. The zero-order valence-electron chi connectivity index (χ0n) is 8.78. The summed E-state index contributed by atoms with van der Waals surface area (Å²) < 4.78 is 0. The lowest BCUT2D eigenvalue weighted by Gasteiger charge is -2.11. The van der Waals surface area contributed by atoms with Crippen molar-refractivity contribution in [2.45, 2.75) is 0 Å². The van der Waals surface area contributed by atoms with Gasteiger partial charge in [-0.3, -0.25) is 0 Å². The highest BCUT2D eigenvalue weighted by Gasteiger charge is 1.91. The van der Waals surface area contributed by atoms with Gasteiger partial charge in [-0.15, -0.1) is 0 Å². The van der Waals surface area contributed by atoms with Gasteiger partial charge < -0.3 is 20.5 Å². The molecule has 4 heteroatoms. The first-order valence-corrected chi connectivity index (χ1v) is 4.84. The van der Waals surface area contributed by atoms with E-state index in [2.05, 4.69) is 10.6 Å². The normalized spacial score (nSPS) is 13.9. The number of nitrogens with one attached hydrogen (secondary N) is 2. The van der Waals surface area contributed by atoms with Gasteiger partial charge in [-0.05, 0) is 12.1 Å². The van der Waals surface area contributed by atoms with Gasteiger partial charge in [0.2, 0.25) is 0 Å². The van der Waals surface area contributed by atoms with Crippen molar-refractivity contribution in [2.75, 3.05) is 26.2 Å². The largest absolute Gasteiger partial charge is 0.508 e.